The molecular formula is C20H37N5O. The van der Waals surface area contributed by atoms with E-state index in [4.69, 9.17) is 4.42 Å². The van der Waals surface area contributed by atoms with Crippen molar-refractivity contribution in [3.05, 3.63) is 24.2 Å². The molecule has 2 rings (SSSR count). The quantitative estimate of drug-likeness (QED) is 0.522. The monoisotopic (exact) mass is 363 g/mol. The Labute approximate surface area is 159 Å². The Morgan fingerprint density at radius 2 is 1.88 bits per heavy atom. The van der Waals surface area contributed by atoms with Crippen LogP contribution in [0.4, 0.5) is 0 Å². The van der Waals surface area contributed by atoms with E-state index in [2.05, 4.69) is 59.2 Å². The highest BCUT2D eigenvalue weighted by molar-refractivity contribution is 5.79. The Morgan fingerprint density at radius 1 is 1.19 bits per heavy atom. The molecule has 148 valence electrons. The van der Waals surface area contributed by atoms with Gasteiger partial charge in [-0.25, -0.2) is 0 Å². The summed E-state index contributed by atoms with van der Waals surface area (Å²) in [5, 5.41) is 6.93. The third kappa shape index (κ3) is 6.02. The van der Waals surface area contributed by atoms with Gasteiger partial charge in [-0.15, -0.1) is 0 Å². The van der Waals surface area contributed by atoms with Crippen LogP contribution in [0.2, 0.25) is 0 Å². The number of hydrogen-bond donors (Lipinski definition) is 2. The molecule has 0 spiro atoms. The fourth-order valence-electron chi connectivity index (χ4n) is 3.77. The molecule has 0 aromatic carbocycles. The van der Waals surface area contributed by atoms with Crippen molar-refractivity contribution in [1.29, 1.82) is 0 Å². The average molecular weight is 364 g/mol. The lowest BCUT2D eigenvalue weighted by molar-refractivity contribution is 0.178. The van der Waals surface area contributed by atoms with Crippen LogP contribution in [0.1, 0.15) is 52.3 Å². The van der Waals surface area contributed by atoms with E-state index in [1.54, 1.807) is 6.26 Å². The van der Waals surface area contributed by atoms with E-state index in [1.165, 1.54) is 12.8 Å². The SMILES string of the molecule is CN=C(NCCN(C(C)C)C(C)C)NCC(c1ccco1)N1CCCC1. The molecule has 2 heterocycles. The van der Waals surface area contributed by atoms with Crippen molar-refractivity contribution in [2.45, 2.75) is 58.7 Å². The fourth-order valence-corrected chi connectivity index (χ4v) is 3.77. The van der Waals surface area contributed by atoms with Gasteiger partial charge in [0.1, 0.15) is 5.76 Å². The third-order valence-corrected chi connectivity index (χ3v) is 5.13. The summed E-state index contributed by atoms with van der Waals surface area (Å²) in [4.78, 5) is 9.36. The Morgan fingerprint density at radius 3 is 2.42 bits per heavy atom. The van der Waals surface area contributed by atoms with Crippen molar-refractivity contribution < 1.29 is 4.42 Å². The molecule has 1 aromatic heterocycles. The number of furan rings is 1. The van der Waals surface area contributed by atoms with E-state index in [-0.39, 0.29) is 6.04 Å². The summed E-state index contributed by atoms with van der Waals surface area (Å²) in [6, 6.07) is 5.39. The van der Waals surface area contributed by atoms with Gasteiger partial charge in [-0.05, 0) is 65.8 Å². The lowest BCUT2D eigenvalue weighted by atomic mass is 10.2. The number of likely N-dealkylation sites (tertiary alicyclic amines) is 1. The van der Waals surface area contributed by atoms with Crippen LogP contribution in [0.5, 0.6) is 0 Å². The van der Waals surface area contributed by atoms with Crippen LogP contribution in [-0.4, -0.2) is 67.6 Å². The first-order valence-corrected chi connectivity index (χ1v) is 10.0. The van der Waals surface area contributed by atoms with Crippen LogP contribution in [0.3, 0.4) is 0 Å². The van der Waals surface area contributed by atoms with Crippen LogP contribution >= 0.6 is 0 Å². The summed E-state index contributed by atoms with van der Waals surface area (Å²) >= 11 is 0. The molecule has 1 aliphatic heterocycles. The van der Waals surface area contributed by atoms with Crippen molar-refractivity contribution in [2.75, 3.05) is 39.8 Å². The summed E-state index contributed by atoms with van der Waals surface area (Å²) < 4.78 is 5.69. The molecule has 0 radical (unpaired) electrons. The summed E-state index contributed by atoms with van der Waals surface area (Å²) in [7, 11) is 1.83. The van der Waals surface area contributed by atoms with Gasteiger partial charge in [-0.1, -0.05) is 0 Å². The highest BCUT2D eigenvalue weighted by Gasteiger charge is 2.25. The Bertz CT molecular complexity index is 512. The van der Waals surface area contributed by atoms with Gasteiger partial charge >= 0.3 is 0 Å². The largest absolute Gasteiger partial charge is 0.468 e. The second kappa shape index (κ2) is 10.6. The van der Waals surface area contributed by atoms with Gasteiger partial charge in [-0.2, -0.15) is 0 Å². The maximum absolute atomic E-state index is 5.69. The van der Waals surface area contributed by atoms with Gasteiger partial charge in [-0.3, -0.25) is 14.8 Å². The molecule has 1 unspecified atom stereocenters. The summed E-state index contributed by atoms with van der Waals surface area (Å²) in [5.74, 6) is 1.88. The van der Waals surface area contributed by atoms with E-state index in [0.717, 1.165) is 44.4 Å². The molecule has 0 saturated carbocycles. The van der Waals surface area contributed by atoms with Crippen molar-refractivity contribution in [2.24, 2.45) is 4.99 Å². The molecule has 2 N–H and O–H groups in total. The van der Waals surface area contributed by atoms with Crippen molar-refractivity contribution in [3.8, 4) is 0 Å². The van der Waals surface area contributed by atoms with E-state index < -0.39 is 0 Å². The summed E-state index contributed by atoms with van der Waals surface area (Å²) in [6.45, 7) is 13.9. The van der Waals surface area contributed by atoms with Crippen LogP contribution in [0.25, 0.3) is 0 Å². The topological polar surface area (TPSA) is 56.0 Å². The van der Waals surface area contributed by atoms with Crippen LogP contribution < -0.4 is 10.6 Å². The maximum atomic E-state index is 5.69. The lowest BCUT2D eigenvalue weighted by Gasteiger charge is -2.31. The van der Waals surface area contributed by atoms with Crippen LogP contribution in [-0.2, 0) is 0 Å². The lowest BCUT2D eigenvalue weighted by Crippen LogP contribution is -2.46. The highest BCUT2D eigenvalue weighted by atomic mass is 16.3. The number of guanidine groups is 1. The number of rotatable bonds is 9. The maximum Gasteiger partial charge on any atom is 0.191 e. The first kappa shape index (κ1) is 20.8. The zero-order valence-electron chi connectivity index (χ0n) is 17.2. The summed E-state index contributed by atoms with van der Waals surface area (Å²) in [6.07, 6.45) is 4.30. The van der Waals surface area contributed by atoms with E-state index in [9.17, 15) is 0 Å². The molecule has 0 amide bonds. The minimum Gasteiger partial charge on any atom is -0.468 e. The van der Waals surface area contributed by atoms with E-state index in [1.807, 2.05) is 13.1 Å². The number of hydrogen-bond acceptors (Lipinski definition) is 4. The normalized spacial score (nSPS) is 17.5. The van der Waals surface area contributed by atoms with Gasteiger partial charge in [0.25, 0.3) is 0 Å². The second-order valence-corrected chi connectivity index (χ2v) is 7.58. The van der Waals surface area contributed by atoms with Gasteiger partial charge in [0, 0.05) is 38.8 Å². The molecule has 1 aliphatic rings. The first-order valence-electron chi connectivity index (χ1n) is 10.0. The smallest absolute Gasteiger partial charge is 0.191 e. The average Bonchev–Trinajstić information content (AvgIpc) is 3.30. The molecule has 1 fully saturated rings. The van der Waals surface area contributed by atoms with Gasteiger partial charge in [0.2, 0.25) is 0 Å². The van der Waals surface area contributed by atoms with Gasteiger partial charge in [0.05, 0.1) is 12.3 Å². The molecule has 1 saturated heterocycles. The predicted octanol–water partition coefficient (Wildman–Crippen LogP) is 2.70. The number of nitrogens with one attached hydrogen (secondary N) is 2. The van der Waals surface area contributed by atoms with Crippen LogP contribution in [0, 0.1) is 0 Å². The molecule has 26 heavy (non-hydrogen) atoms. The van der Waals surface area contributed by atoms with Crippen molar-refractivity contribution >= 4 is 5.96 Å². The summed E-state index contributed by atoms with van der Waals surface area (Å²) in [5.41, 5.74) is 0. The Kier molecular flexibility index (Phi) is 8.45. The van der Waals surface area contributed by atoms with Crippen molar-refractivity contribution in [1.82, 2.24) is 20.4 Å². The molecular weight excluding hydrogens is 326 g/mol. The Hall–Kier alpha value is -1.53. The van der Waals surface area contributed by atoms with E-state index >= 15 is 0 Å². The zero-order chi connectivity index (χ0) is 18.9. The third-order valence-electron chi connectivity index (χ3n) is 5.13. The standard InChI is InChI=1S/C20H37N5O/c1-16(2)25(17(3)4)13-10-22-20(21-5)23-15-18(19-9-8-14-26-19)24-11-6-7-12-24/h8-9,14,16-18H,6-7,10-13,15H2,1-5H3,(H2,21,22,23). The number of nitrogens with zero attached hydrogens (tertiary/aromatic N) is 3. The molecule has 1 atom stereocenters. The van der Waals surface area contributed by atoms with Gasteiger partial charge in [0.15, 0.2) is 5.96 Å². The Balaban J connectivity index is 1.84. The predicted molar refractivity (Wildman–Crippen MR) is 109 cm³/mol. The molecule has 0 bridgehead atoms. The highest BCUT2D eigenvalue weighted by Crippen LogP contribution is 2.24. The molecule has 6 heteroatoms. The zero-order valence-corrected chi connectivity index (χ0v) is 17.2. The molecule has 1 aromatic rings. The van der Waals surface area contributed by atoms with Gasteiger partial charge < -0.3 is 15.1 Å². The van der Waals surface area contributed by atoms with Crippen molar-refractivity contribution in [3.63, 3.8) is 0 Å². The van der Waals surface area contributed by atoms with E-state index in [0.29, 0.717) is 12.1 Å². The minimum absolute atomic E-state index is 0.258. The van der Waals surface area contributed by atoms with Crippen LogP contribution in [0.15, 0.2) is 27.8 Å². The molecule has 6 nitrogen and oxygen atoms in total. The minimum atomic E-state index is 0.258. The first-order chi connectivity index (χ1) is 12.5. The number of aliphatic imine (C=N–C) groups is 1. The fraction of sp³-hybridized carbons (Fsp3) is 0.750. The second-order valence-electron chi connectivity index (χ2n) is 7.58. The molecule has 0 aliphatic carbocycles.